The molecule has 0 saturated carbocycles. The van der Waals surface area contributed by atoms with Crippen molar-refractivity contribution < 1.29 is 32.2 Å². The molecule has 3 aromatic rings. The second kappa shape index (κ2) is 9.89. The Morgan fingerprint density at radius 1 is 1.23 bits per heavy atom. The number of urea groups is 1. The van der Waals surface area contributed by atoms with Crippen molar-refractivity contribution in [1.82, 2.24) is 15.0 Å². The molecule has 40 heavy (non-hydrogen) atoms. The van der Waals surface area contributed by atoms with Crippen LogP contribution in [0.15, 0.2) is 48.9 Å². The van der Waals surface area contributed by atoms with Crippen LogP contribution in [0.1, 0.15) is 25.8 Å². The van der Waals surface area contributed by atoms with Crippen molar-refractivity contribution >= 4 is 23.2 Å². The van der Waals surface area contributed by atoms with Crippen molar-refractivity contribution in [2.24, 2.45) is 0 Å². The molecule has 2 atom stereocenters. The van der Waals surface area contributed by atoms with E-state index in [0.717, 1.165) is 12.1 Å². The van der Waals surface area contributed by atoms with Crippen LogP contribution in [-0.2, 0) is 15.7 Å². The normalized spacial score (nSPS) is 21.3. The molecule has 2 saturated heterocycles. The van der Waals surface area contributed by atoms with Crippen molar-refractivity contribution in [3.8, 4) is 17.1 Å². The molecule has 2 bridgehead atoms. The number of ether oxygens (including phenoxy) is 3. The number of halogens is 3. The molecule has 0 aliphatic carbocycles. The van der Waals surface area contributed by atoms with Crippen LogP contribution in [-0.4, -0.2) is 65.2 Å². The number of pyridine rings is 1. The Labute approximate surface area is 228 Å². The van der Waals surface area contributed by atoms with Gasteiger partial charge in [0.1, 0.15) is 18.5 Å². The number of aromatic nitrogens is 3. The number of alkyl halides is 3. The van der Waals surface area contributed by atoms with Gasteiger partial charge in [-0.1, -0.05) is 12.1 Å². The highest BCUT2D eigenvalue weighted by Crippen LogP contribution is 2.40. The summed E-state index contributed by atoms with van der Waals surface area (Å²) < 4.78 is 57.0. The molecule has 2 aromatic heterocycles. The molecule has 6 rings (SSSR count). The van der Waals surface area contributed by atoms with Crippen LogP contribution >= 0.6 is 0 Å². The predicted octanol–water partition coefficient (Wildman–Crippen LogP) is 4.72. The van der Waals surface area contributed by atoms with Crippen LogP contribution < -0.4 is 19.9 Å². The van der Waals surface area contributed by atoms with Crippen molar-refractivity contribution in [2.45, 2.75) is 44.4 Å². The highest BCUT2D eigenvalue weighted by Gasteiger charge is 2.41. The van der Waals surface area contributed by atoms with Gasteiger partial charge in [-0.05, 0) is 32.4 Å². The second-order valence-corrected chi connectivity index (χ2v) is 10.3. The van der Waals surface area contributed by atoms with Gasteiger partial charge in [0.2, 0.25) is 0 Å². The van der Waals surface area contributed by atoms with E-state index in [-0.39, 0.29) is 30.1 Å². The van der Waals surface area contributed by atoms with Gasteiger partial charge in [-0.25, -0.2) is 14.8 Å². The highest BCUT2D eigenvalue weighted by molar-refractivity contribution is 6.04. The summed E-state index contributed by atoms with van der Waals surface area (Å²) in [5.41, 5.74) is 0.479. The van der Waals surface area contributed by atoms with Crippen molar-refractivity contribution in [1.29, 1.82) is 0 Å². The minimum Gasteiger partial charge on any atom is -0.489 e. The molecule has 1 aromatic carbocycles. The summed E-state index contributed by atoms with van der Waals surface area (Å²) in [6, 6.07) is 5.89. The number of nitrogens with one attached hydrogen (secondary N) is 1. The van der Waals surface area contributed by atoms with E-state index in [9.17, 15) is 18.0 Å². The predicted molar refractivity (Wildman–Crippen MR) is 139 cm³/mol. The maximum absolute atomic E-state index is 13.6. The maximum Gasteiger partial charge on any atom is 0.416 e. The van der Waals surface area contributed by atoms with E-state index >= 15 is 0 Å². The van der Waals surface area contributed by atoms with Crippen LogP contribution in [0.25, 0.3) is 11.4 Å². The topological polar surface area (TPSA) is 102 Å². The van der Waals surface area contributed by atoms with E-state index in [2.05, 4.69) is 25.2 Å². The third-order valence-corrected chi connectivity index (χ3v) is 6.98. The highest BCUT2D eigenvalue weighted by atomic mass is 19.4. The van der Waals surface area contributed by atoms with E-state index in [1.807, 2.05) is 13.8 Å². The lowest BCUT2D eigenvalue weighted by Crippen LogP contribution is -2.48. The number of carbonyl (C=O) groups is 1. The van der Waals surface area contributed by atoms with Gasteiger partial charge in [-0.3, -0.25) is 9.88 Å². The van der Waals surface area contributed by atoms with E-state index in [1.54, 1.807) is 17.2 Å². The number of benzene rings is 1. The number of carbonyl (C=O) groups excluding carboxylic acids is 1. The molecule has 2 amide bonds. The number of fused-ring (bicyclic) bond motifs is 4. The molecule has 0 radical (unpaired) electrons. The van der Waals surface area contributed by atoms with Crippen LogP contribution in [0.3, 0.4) is 0 Å². The Balaban J connectivity index is 1.22. The molecule has 0 spiro atoms. The zero-order chi connectivity index (χ0) is 28.1. The largest absolute Gasteiger partial charge is 0.489 e. The summed E-state index contributed by atoms with van der Waals surface area (Å²) in [5, 5.41) is 2.87. The summed E-state index contributed by atoms with van der Waals surface area (Å²) in [6.45, 7) is 5.65. The van der Waals surface area contributed by atoms with E-state index < -0.39 is 23.6 Å². The number of hydrogen-bond donors (Lipinski definition) is 1. The number of rotatable bonds is 5. The zero-order valence-electron chi connectivity index (χ0n) is 21.8. The quantitative estimate of drug-likeness (QED) is 0.482. The van der Waals surface area contributed by atoms with E-state index in [4.69, 9.17) is 14.2 Å². The summed E-state index contributed by atoms with van der Waals surface area (Å²) >= 11 is 0. The summed E-state index contributed by atoms with van der Waals surface area (Å²) in [6.07, 6.45) is 0.588. The maximum atomic E-state index is 13.6. The standard InChI is InChI=1S/C27H27F3N6O4/c1-26(2)39-15-21(40-26)14-38-20-9-18(10-31-11-20)33-25(37)36-19-6-7-35(13-19)22-12-32-23(34-24(22)36)16-4-3-5-17(8-16)27(28,29)30/h3-5,8-12,19,21H,6-7,13-15H2,1-2H3,(H,33,37)/t19?,21-/m0/s1. The zero-order valence-corrected chi connectivity index (χ0v) is 21.8. The van der Waals surface area contributed by atoms with Crippen molar-refractivity contribution in [3.05, 3.63) is 54.5 Å². The smallest absolute Gasteiger partial charge is 0.416 e. The first-order chi connectivity index (χ1) is 19.1. The fraction of sp³-hybridized carbons (Fsp3) is 0.407. The number of amides is 2. The molecule has 3 aliphatic rings. The fourth-order valence-electron chi connectivity index (χ4n) is 5.13. The van der Waals surface area contributed by atoms with Gasteiger partial charge in [0.25, 0.3) is 0 Å². The lowest BCUT2D eigenvalue weighted by molar-refractivity contribution is -0.141. The van der Waals surface area contributed by atoms with E-state index in [1.165, 1.54) is 24.5 Å². The average Bonchev–Trinajstić information content (AvgIpc) is 3.50. The molecule has 2 fully saturated rings. The average molecular weight is 557 g/mol. The van der Waals surface area contributed by atoms with Gasteiger partial charge < -0.3 is 24.4 Å². The number of nitrogens with zero attached hydrogens (tertiary/aromatic N) is 5. The molecule has 1 N–H and O–H groups in total. The molecule has 5 heterocycles. The van der Waals surface area contributed by atoms with Crippen LogP contribution in [0.5, 0.6) is 5.75 Å². The summed E-state index contributed by atoms with van der Waals surface area (Å²) in [7, 11) is 0. The Kier molecular flexibility index (Phi) is 6.50. The Morgan fingerprint density at radius 3 is 2.85 bits per heavy atom. The molecule has 3 aliphatic heterocycles. The lowest BCUT2D eigenvalue weighted by Gasteiger charge is -2.35. The molecule has 13 heteroatoms. The first-order valence-corrected chi connectivity index (χ1v) is 12.9. The Hall–Kier alpha value is -3.97. The summed E-state index contributed by atoms with van der Waals surface area (Å²) in [4.78, 5) is 30.3. The number of hydrogen-bond acceptors (Lipinski definition) is 8. The van der Waals surface area contributed by atoms with Crippen LogP contribution in [0.2, 0.25) is 0 Å². The van der Waals surface area contributed by atoms with Crippen molar-refractivity contribution in [2.75, 3.05) is 41.4 Å². The SMILES string of the molecule is CC1(C)OC[C@H](COc2cncc(NC(=O)N3c4nc(-c5cccc(C(F)(F)F)c5)ncc4N4CCC3C4)c2)O1. The minimum absolute atomic E-state index is 0.100. The van der Waals surface area contributed by atoms with Gasteiger partial charge in [0, 0.05) is 24.7 Å². The molecule has 10 nitrogen and oxygen atoms in total. The summed E-state index contributed by atoms with van der Waals surface area (Å²) in [5.74, 6) is 0.234. The van der Waals surface area contributed by atoms with Gasteiger partial charge >= 0.3 is 12.2 Å². The molecular formula is C27H27F3N6O4. The molecular weight excluding hydrogens is 529 g/mol. The second-order valence-electron chi connectivity index (χ2n) is 10.3. The van der Waals surface area contributed by atoms with E-state index in [0.29, 0.717) is 49.1 Å². The minimum atomic E-state index is -4.50. The number of anilines is 3. The van der Waals surface area contributed by atoms with Crippen LogP contribution in [0.4, 0.5) is 35.2 Å². The third-order valence-electron chi connectivity index (χ3n) is 6.98. The van der Waals surface area contributed by atoms with Gasteiger partial charge in [0.15, 0.2) is 17.4 Å². The van der Waals surface area contributed by atoms with Gasteiger partial charge in [-0.15, -0.1) is 0 Å². The lowest BCUT2D eigenvalue weighted by atomic mass is 10.1. The van der Waals surface area contributed by atoms with Crippen LogP contribution in [0, 0.1) is 0 Å². The fourth-order valence-corrected chi connectivity index (χ4v) is 5.13. The molecule has 210 valence electrons. The van der Waals surface area contributed by atoms with Gasteiger partial charge in [-0.2, -0.15) is 13.2 Å². The monoisotopic (exact) mass is 556 g/mol. The third kappa shape index (κ3) is 5.26. The van der Waals surface area contributed by atoms with Crippen molar-refractivity contribution in [3.63, 3.8) is 0 Å². The molecule has 1 unspecified atom stereocenters. The first kappa shape index (κ1) is 26.3. The Bertz CT molecular complexity index is 1440. The van der Waals surface area contributed by atoms with Gasteiger partial charge in [0.05, 0.1) is 48.2 Å². The Morgan fingerprint density at radius 2 is 2.08 bits per heavy atom. The first-order valence-electron chi connectivity index (χ1n) is 12.9.